The molecule has 1 N–H and O–H groups in total. The normalized spacial score (nSPS) is 12.1. The van der Waals surface area contributed by atoms with Crippen molar-refractivity contribution in [3.63, 3.8) is 0 Å². The molecule has 0 aliphatic rings. The fourth-order valence-corrected chi connectivity index (χ4v) is 2.37. The molecule has 1 aromatic heterocycles. The van der Waals surface area contributed by atoms with Crippen LogP contribution in [0.4, 0.5) is 13.2 Å². The molecule has 4 nitrogen and oxygen atoms in total. The Kier molecular flexibility index (Phi) is 4.69. The van der Waals surface area contributed by atoms with Crippen molar-refractivity contribution in [3.8, 4) is 0 Å². The molecular formula is C10H13F3N2O2S. The van der Waals surface area contributed by atoms with Crippen LogP contribution in [0.5, 0.6) is 0 Å². The molecule has 0 atom stereocenters. The van der Waals surface area contributed by atoms with Crippen molar-refractivity contribution >= 4 is 17.3 Å². The van der Waals surface area contributed by atoms with Gasteiger partial charge < -0.3 is 5.11 Å². The van der Waals surface area contributed by atoms with Crippen molar-refractivity contribution in [2.75, 3.05) is 13.1 Å². The molecule has 1 heterocycles. The Morgan fingerprint density at radius 1 is 1.39 bits per heavy atom. The summed E-state index contributed by atoms with van der Waals surface area (Å²) in [6, 6.07) is 0. The van der Waals surface area contributed by atoms with Gasteiger partial charge in [0, 0.05) is 0 Å². The van der Waals surface area contributed by atoms with Gasteiger partial charge in [-0.25, -0.2) is 9.78 Å². The third kappa shape index (κ3) is 3.42. The zero-order valence-electron chi connectivity index (χ0n) is 9.91. The standard InChI is InChI=1S/C10H13F3N2O2S/c1-3-15(4-2)5-6-14-8(10(11,12)13)7(18-6)9(16)17/h3-5H2,1-2H3,(H,16,17). The Bertz CT molecular complexity index is 427. The minimum absolute atomic E-state index is 0.170. The molecule has 1 aromatic rings. The van der Waals surface area contributed by atoms with Gasteiger partial charge in [0.2, 0.25) is 0 Å². The van der Waals surface area contributed by atoms with Crippen LogP contribution in [0.2, 0.25) is 0 Å². The quantitative estimate of drug-likeness (QED) is 0.902. The van der Waals surface area contributed by atoms with E-state index in [1.807, 2.05) is 18.7 Å². The number of carboxylic acids is 1. The Morgan fingerprint density at radius 2 is 1.94 bits per heavy atom. The lowest BCUT2D eigenvalue weighted by atomic mass is 10.3. The molecule has 0 bridgehead atoms. The molecule has 0 saturated heterocycles. The first kappa shape index (κ1) is 14.9. The molecule has 0 saturated carbocycles. The summed E-state index contributed by atoms with van der Waals surface area (Å²) in [6.45, 7) is 5.31. The van der Waals surface area contributed by atoms with E-state index in [0.717, 1.165) is 0 Å². The average molecular weight is 282 g/mol. The number of alkyl halides is 3. The predicted molar refractivity (Wildman–Crippen MR) is 60.7 cm³/mol. The number of aromatic nitrogens is 1. The second-order valence-corrected chi connectivity index (χ2v) is 4.63. The zero-order valence-corrected chi connectivity index (χ0v) is 10.7. The highest BCUT2D eigenvalue weighted by molar-refractivity contribution is 7.13. The van der Waals surface area contributed by atoms with Gasteiger partial charge in [0.05, 0.1) is 6.54 Å². The molecular weight excluding hydrogens is 269 g/mol. The van der Waals surface area contributed by atoms with Gasteiger partial charge in [-0.15, -0.1) is 11.3 Å². The maximum Gasteiger partial charge on any atom is 0.435 e. The van der Waals surface area contributed by atoms with Crippen molar-refractivity contribution in [1.29, 1.82) is 0 Å². The van der Waals surface area contributed by atoms with Crippen molar-refractivity contribution in [1.82, 2.24) is 9.88 Å². The number of hydrogen-bond donors (Lipinski definition) is 1. The van der Waals surface area contributed by atoms with Crippen LogP contribution >= 0.6 is 11.3 Å². The summed E-state index contributed by atoms with van der Waals surface area (Å²) in [5.74, 6) is -1.59. The van der Waals surface area contributed by atoms with Gasteiger partial charge in [-0.05, 0) is 13.1 Å². The largest absolute Gasteiger partial charge is 0.477 e. The summed E-state index contributed by atoms with van der Waals surface area (Å²) in [5, 5.41) is 8.92. The van der Waals surface area contributed by atoms with Gasteiger partial charge in [0.25, 0.3) is 0 Å². The molecule has 0 fully saturated rings. The van der Waals surface area contributed by atoms with Crippen LogP contribution in [0.1, 0.15) is 34.2 Å². The maximum absolute atomic E-state index is 12.6. The fourth-order valence-electron chi connectivity index (χ4n) is 1.41. The van der Waals surface area contributed by atoms with Crippen molar-refractivity contribution in [2.24, 2.45) is 0 Å². The van der Waals surface area contributed by atoms with Crippen LogP contribution in [-0.4, -0.2) is 34.0 Å². The van der Waals surface area contributed by atoms with Crippen LogP contribution in [0.15, 0.2) is 0 Å². The third-order valence-electron chi connectivity index (χ3n) is 2.39. The topological polar surface area (TPSA) is 53.4 Å². The number of nitrogens with zero attached hydrogens (tertiary/aromatic N) is 2. The number of thiazole rings is 1. The van der Waals surface area contributed by atoms with E-state index in [1.54, 1.807) is 0 Å². The summed E-state index contributed by atoms with van der Waals surface area (Å²) >= 11 is 0.581. The second kappa shape index (κ2) is 5.66. The molecule has 8 heteroatoms. The van der Waals surface area contributed by atoms with Gasteiger partial charge >= 0.3 is 12.1 Å². The molecule has 0 aliphatic carbocycles. The van der Waals surface area contributed by atoms with Gasteiger partial charge in [0.1, 0.15) is 9.88 Å². The number of halogens is 3. The van der Waals surface area contributed by atoms with Gasteiger partial charge in [-0.1, -0.05) is 13.8 Å². The van der Waals surface area contributed by atoms with E-state index in [2.05, 4.69) is 4.98 Å². The zero-order chi connectivity index (χ0) is 13.9. The van der Waals surface area contributed by atoms with E-state index >= 15 is 0 Å². The molecule has 0 aliphatic heterocycles. The van der Waals surface area contributed by atoms with E-state index in [0.29, 0.717) is 24.4 Å². The highest BCUT2D eigenvalue weighted by Gasteiger charge is 2.39. The number of aromatic carboxylic acids is 1. The summed E-state index contributed by atoms with van der Waals surface area (Å²) in [7, 11) is 0. The molecule has 102 valence electrons. The predicted octanol–water partition coefficient (Wildman–Crippen LogP) is 2.70. The molecule has 0 aromatic carbocycles. The summed E-state index contributed by atoms with van der Waals surface area (Å²) in [5.41, 5.74) is -1.30. The first-order valence-electron chi connectivity index (χ1n) is 5.32. The van der Waals surface area contributed by atoms with Crippen molar-refractivity contribution < 1.29 is 23.1 Å². The number of hydrogen-bond acceptors (Lipinski definition) is 4. The average Bonchev–Trinajstić information content (AvgIpc) is 2.69. The van der Waals surface area contributed by atoms with Gasteiger partial charge in [-0.3, -0.25) is 4.90 Å². The third-order valence-corrected chi connectivity index (χ3v) is 3.42. The van der Waals surface area contributed by atoms with Crippen LogP contribution in [-0.2, 0) is 12.7 Å². The van der Waals surface area contributed by atoms with E-state index in [-0.39, 0.29) is 11.6 Å². The second-order valence-electron chi connectivity index (χ2n) is 3.55. The Morgan fingerprint density at radius 3 is 2.28 bits per heavy atom. The summed E-state index contributed by atoms with van der Waals surface area (Å²) in [4.78, 5) is 15.3. The number of rotatable bonds is 5. The lowest BCUT2D eigenvalue weighted by Gasteiger charge is -2.15. The smallest absolute Gasteiger partial charge is 0.435 e. The van der Waals surface area contributed by atoms with Crippen LogP contribution in [0, 0.1) is 0 Å². The van der Waals surface area contributed by atoms with Crippen LogP contribution < -0.4 is 0 Å². The number of carboxylic acid groups (broad SMARTS) is 1. The molecule has 0 amide bonds. The molecule has 0 spiro atoms. The minimum Gasteiger partial charge on any atom is -0.477 e. The van der Waals surface area contributed by atoms with E-state index in [9.17, 15) is 18.0 Å². The SMILES string of the molecule is CCN(CC)Cc1nc(C(F)(F)F)c(C(=O)O)s1. The van der Waals surface area contributed by atoms with E-state index < -0.39 is 22.7 Å². The molecule has 0 unspecified atom stereocenters. The van der Waals surface area contributed by atoms with Crippen LogP contribution in [0.25, 0.3) is 0 Å². The lowest BCUT2D eigenvalue weighted by molar-refractivity contribution is -0.141. The van der Waals surface area contributed by atoms with Gasteiger partial charge in [-0.2, -0.15) is 13.2 Å². The van der Waals surface area contributed by atoms with E-state index in [1.165, 1.54) is 0 Å². The monoisotopic (exact) mass is 282 g/mol. The van der Waals surface area contributed by atoms with E-state index in [4.69, 9.17) is 5.11 Å². The maximum atomic E-state index is 12.6. The molecule has 0 radical (unpaired) electrons. The van der Waals surface area contributed by atoms with Crippen molar-refractivity contribution in [2.45, 2.75) is 26.6 Å². The minimum atomic E-state index is -4.73. The Hall–Kier alpha value is -1.15. The Balaban J connectivity index is 3.07. The Labute approximate surface area is 106 Å². The van der Waals surface area contributed by atoms with Gasteiger partial charge in [0.15, 0.2) is 5.69 Å². The summed E-state index contributed by atoms with van der Waals surface area (Å²) in [6.07, 6.45) is -4.73. The highest BCUT2D eigenvalue weighted by Crippen LogP contribution is 2.34. The van der Waals surface area contributed by atoms with Crippen molar-refractivity contribution in [3.05, 3.63) is 15.6 Å². The first-order chi connectivity index (χ1) is 8.29. The fraction of sp³-hybridized carbons (Fsp3) is 0.600. The highest BCUT2D eigenvalue weighted by atomic mass is 32.1. The van der Waals surface area contributed by atoms with Crippen LogP contribution in [0.3, 0.4) is 0 Å². The number of carbonyl (C=O) groups is 1. The first-order valence-corrected chi connectivity index (χ1v) is 6.13. The lowest BCUT2D eigenvalue weighted by Crippen LogP contribution is -2.22. The summed E-state index contributed by atoms with van der Waals surface area (Å²) < 4.78 is 37.8. The molecule has 18 heavy (non-hydrogen) atoms. The molecule has 1 rings (SSSR count).